The smallest absolute Gasteiger partial charge is 0.224 e. The molecule has 0 radical (unpaired) electrons. The Balaban J connectivity index is 1.59. The topological polar surface area (TPSA) is 29.1 Å². The Morgan fingerprint density at radius 2 is 2.11 bits per heavy atom. The van der Waals surface area contributed by atoms with Crippen LogP contribution < -0.4 is 5.32 Å². The van der Waals surface area contributed by atoms with Gasteiger partial charge in [-0.25, -0.2) is 0 Å². The number of amides is 1. The van der Waals surface area contributed by atoms with Gasteiger partial charge in [0.2, 0.25) is 5.91 Å². The van der Waals surface area contributed by atoms with Crippen molar-refractivity contribution in [3.05, 3.63) is 29.3 Å². The second-order valence-electron chi connectivity index (χ2n) is 6.51. The molecule has 1 aromatic carbocycles. The van der Waals surface area contributed by atoms with Crippen LogP contribution in [-0.4, -0.2) is 5.91 Å². The molecule has 0 saturated heterocycles. The summed E-state index contributed by atoms with van der Waals surface area (Å²) < 4.78 is 0. The maximum atomic E-state index is 12.2. The molecule has 1 amide bonds. The standard InChI is InChI=1S/C17H23NO/c1-11-3-6-16(12(2)7-11)18-17(19)10-15-9-13-4-5-14(15)8-13/h3,6-7,13-15H,4-5,8-10H2,1-2H3,(H,18,19)/t13-,14-,15-/m1/s1. The van der Waals surface area contributed by atoms with Gasteiger partial charge in [0.15, 0.2) is 0 Å². The molecule has 3 rings (SSSR count). The first-order valence-corrected chi connectivity index (χ1v) is 7.49. The molecule has 2 bridgehead atoms. The van der Waals surface area contributed by atoms with Gasteiger partial charge in [-0.15, -0.1) is 0 Å². The molecule has 2 nitrogen and oxygen atoms in total. The van der Waals surface area contributed by atoms with Gasteiger partial charge >= 0.3 is 0 Å². The number of rotatable bonds is 3. The lowest BCUT2D eigenvalue weighted by molar-refractivity contribution is -0.117. The van der Waals surface area contributed by atoms with Gasteiger partial charge in [0.25, 0.3) is 0 Å². The average Bonchev–Trinajstić information content (AvgIpc) is 2.95. The van der Waals surface area contributed by atoms with Crippen molar-refractivity contribution in [1.82, 2.24) is 0 Å². The molecule has 2 heteroatoms. The highest BCUT2D eigenvalue weighted by atomic mass is 16.1. The van der Waals surface area contributed by atoms with Crippen molar-refractivity contribution < 1.29 is 4.79 Å². The molecule has 102 valence electrons. The van der Waals surface area contributed by atoms with Crippen LogP contribution in [0.3, 0.4) is 0 Å². The number of benzene rings is 1. The van der Waals surface area contributed by atoms with E-state index in [4.69, 9.17) is 0 Å². The Morgan fingerprint density at radius 3 is 2.74 bits per heavy atom. The van der Waals surface area contributed by atoms with Crippen LogP contribution in [0.4, 0.5) is 5.69 Å². The number of anilines is 1. The summed E-state index contributed by atoms with van der Waals surface area (Å²) in [7, 11) is 0. The zero-order valence-electron chi connectivity index (χ0n) is 11.9. The van der Waals surface area contributed by atoms with Gasteiger partial charge in [-0.05, 0) is 62.5 Å². The predicted molar refractivity (Wildman–Crippen MR) is 78.1 cm³/mol. The number of hydrogen-bond acceptors (Lipinski definition) is 1. The van der Waals surface area contributed by atoms with Crippen molar-refractivity contribution in [2.24, 2.45) is 17.8 Å². The van der Waals surface area contributed by atoms with E-state index >= 15 is 0 Å². The number of nitrogens with one attached hydrogen (secondary N) is 1. The van der Waals surface area contributed by atoms with Crippen LogP contribution in [0.2, 0.25) is 0 Å². The fourth-order valence-electron chi connectivity index (χ4n) is 4.02. The van der Waals surface area contributed by atoms with Crippen molar-refractivity contribution >= 4 is 11.6 Å². The number of fused-ring (bicyclic) bond motifs is 2. The summed E-state index contributed by atoms with van der Waals surface area (Å²) in [6.45, 7) is 4.13. The highest BCUT2D eigenvalue weighted by molar-refractivity contribution is 5.91. The summed E-state index contributed by atoms with van der Waals surface area (Å²) in [6.07, 6.45) is 6.13. The summed E-state index contributed by atoms with van der Waals surface area (Å²) in [4.78, 5) is 12.2. The number of aryl methyl sites for hydroxylation is 2. The van der Waals surface area contributed by atoms with Gasteiger partial charge in [-0.2, -0.15) is 0 Å². The molecular weight excluding hydrogens is 234 g/mol. The molecular formula is C17H23NO. The van der Waals surface area contributed by atoms with Crippen molar-refractivity contribution in [3.8, 4) is 0 Å². The SMILES string of the molecule is Cc1ccc(NC(=O)C[C@H]2C[C@@H]3CC[C@@H]2C3)c(C)c1. The molecule has 0 spiro atoms. The first-order chi connectivity index (χ1) is 9.11. The van der Waals surface area contributed by atoms with Crippen LogP contribution in [-0.2, 0) is 4.79 Å². The first kappa shape index (κ1) is 12.7. The zero-order chi connectivity index (χ0) is 13.4. The summed E-state index contributed by atoms with van der Waals surface area (Å²) >= 11 is 0. The highest BCUT2D eigenvalue weighted by Crippen LogP contribution is 2.49. The lowest BCUT2D eigenvalue weighted by atomic mass is 9.86. The van der Waals surface area contributed by atoms with Crippen molar-refractivity contribution in [2.45, 2.75) is 46.0 Å². The third-order valence-electron chi connectivity index (χ3n) is 4.99. The molecule has 2 fully saturated rings. The lowest BCUT2D eigenvalue weighted by Gasteiger charge is -2.21. The minimum Gasteiger partial charge on any atom is -0.326 e. The minimum atomic E-state index is 0.199. The van der Waals surface area contributed by atoms with Crippen molar-refractivity contribution in [3.63, 3.8) is 0 Å². The molecule has 0 heterocycles. The fourth-order valence-corrected chi connectivity index (χ4v) is 4.02. The number of carbonyl (C=O) groups is 1. The molecule has 0 aromatic heterocycles. The lowest BCUT2D eigenvalue weighted by Crippen LogP contribution is -2.20. The van der Waals surface area contributed by atoms with Gasteiger partial charge in [-0.3, -0.25) is 4.79 Å². The van der Waals surface area contributed by atoms with Crippen LogP contribution in [0.25, 0.3) is 0 Å². The van der Waals surface area contributed by atoms with E-state index in [0.717, 1.165) is 23.1 Å². The quantitative estimate of drug-likeness (QED) is 0.869. The van der Waals surface area contributed by atoms with Crippen LogP contribution in [0.5, 0.6) is 0 Å². The van der Waals surface area contributed by atoms with Gasteiger partial charge in [-0.1, -0.05) is 24.1 Å². The Morgan fingerprint density at radius 1 is 1.26 bits per heavy atom. The largest absolute Gasteiger partial charge is 0.326 e. The molecule has 0 aliphatic heterocycles. The van der Waals surface area contributed by atoms with E-state index in [1.807, 2.05) is 6.07 Å². The van der Waals surface area contributed by atoms with Gasteiger partial charge < -0.3 is 5.32 Å². The Kier molecular flexibility index (Phi) is 3.34. The number of carbonyl (C=O) groups excluding carboxylic acids is 1. The molecule has 2 aliphatic rings. The summed E-state index contributed by atoms with van der Waals surface area (Å²) in [5.41, 5.74) is 3.36. The van der Waals surface area contributed by atoms with E-state index in [-0.39, 0.29) is 5.91 Å². The Hall–Kier alpha value is -1.31. The van der Waals surface area contributed by atoms with E-state index in [2.05, 4.69) is 31.3 Å². The van der Waals surface area contributed by atoms with E-state index in [9.17, 15) is 4.79 Å². The maximum Gasteiger partial charge on any atom is 0.224 e. The molecule has 19 heavy (non-hydrogen) atoms. The highest BCUT2D eigenvalue weighted by Gasteiger charge is 2.40. The van der Waals surface area contributed by atoms with Crippen LogP contribution in [0.15, 0.2) is 18.2 Å². The van der Waals surface area contributed by atoms with E-state index in [1.54, 1.807) is 0 Å². The van der Waals surface area contributed by atoms with E-state index < -0.39 is 0 Å². The maximum absolute atomic E-state index is 12.2. The second kappa shape index (κ2) is 4.99. The van der Waals surface area contributed by atoms with E-state index in [0.29, 0.717) is 12.3 Å². The molecule has 2 saturated carbocycles. The fraction of sp³-hybridized carbons (Fsp3) is 0.588. The monoisotopic (exact) mass is 257 g/mol. The predicted octanol–water partition coefficient (Wildman–Crippen LogP) is 4.07. The summed E-state index contributed by atoms with van der Waals surface area (Å²) in [6, 6.07) is 6.19. The van der Waals surface area contributed by atoms with Crippen LogP contribution >= 0.6 is 0 Å². The Bertz CT molecular complexity index is 494. The van der Waals surface area contributed by atoms with Crippen molar-refractivity contribution in [2.75, 3.05) is 5.32 Å². The molecule has 1 N–H and O–H groups in total. The van der Waals surface area contributed by atoms with Crippen LogP contribution in [0.1, 0.15) is 43.2 Å². The van der Waals surface area contributed by atoms with E-state index in [1.165, 1.54) is 31.2 Å². The van der Waals surface area contributed by atoms with Crippen LogP contribution in [0, 0.1) is 31.6 Å². The molecule has 3 atom stereocenters. The minimum absolute atomic E-state index is 0.199. The van der Waals surface area contributed by atoms with Crippen molar-refractivity contribution in [1.29, 1.82) is 0 Å². The first-order valence-electron chi connectivity index (χ1n) is 7.49. The summed E-state index contributed by atoms with van der Waals surface area (Å²) in [5.74, 6) is 2.59. The third kappa shape index (κ3) is 2.68. The molecule has 2 aliphatic carbocycles. The zero-order valence-corrected chi connectivity index (χ0v) is 11.9. The second-order valence-corrected chi connectivity index (χ2v) is 6.51. The normalized spacial score (nSPS) is 28.6. The van der Waals surface area contributed by atoms with Gasteiger partial charge in [0.1, 0.15) is 0 Å². The molecule has 0 unspecified atom stereocenters. The Labute approximate surface area is 115 Å². The molecule has 1 aromatic rings. The summed E-state index contributed by atoms with van der Waals surface area (Å²) in [5, 5.41) is 3.08. The van der Waals surface area contributed by atoms with Gasteiger partial charge in [0, 0.05) is 12.1 Å². The number of hydrogen-bond donors (Lipinski definition) is 1. The average molecular weight is 257 g/mol. The van der Waals surface area contributed by atoms with Gasteiger partial charge in [0.05, 0.1) is 0 Å². The third-order valence-corrected chi connectivity index (χ3v) is 4.99.